The van der Waals surface area contributed by atoms with Gasteiger partial charge in [0, 0.05) is 25.7 Å². The summed E-state index contributed by atoms with van der Waals surface area (Å²) in [6.07, 6.45) is 6.77. The molecule has 0 heterocycles. The first kappa shape index (κ1) is 11.7. The van der Waals surface area contributed by atoms with E-state index >= 15 is 0 Å². The molecule has 3 N–H and O–H groups in total. The fourth-order valence-electron chi connectivity index (χ4n) is 2.22. The third kappa shape index (κ3) is 2.80. The first-order chi connectivity index (χ1) is 6.76. The third-order valence-electron chi connectivity index (χ3n) is 3.15. The normalized spacial score (nSPS) is 32.9. The molecule has 0 radical (unpaired) electrons. The summed E-state index contributed by atoms with van der Waals surface area (Å²) in [5, 5.41) is 3.48. The van der Waals surface area contributed by atoms with Gasteiger partial charge < -0.3 is 15.8 Å². The summed E-state index contributed by atoms with van der Waals surface area (Å²) in [7, 11) is 1.78. The highest BCUT2D eigenvalue weighted by molar-refractivity contribution is 4.96. The molecule has 0 bridgehead atoms. The third-order valence-corrected chi connectivity index (χ3v) is 3.15. The van der Waals surface area contributed by atoms with Crippen LogP contribution in [0.2, 0.25) is 0 Å². The largest absolute Gasteiger partial charge is 0.381 e. The van der Waals surface area contributed by atoms with E-state index in [2.05, 4.69) is 11.9 Å². The van der Waals surface area contributed by atoms with Crippen LogP contribution in [0.1, 0.15) is 25.7 Å². The summed E-state index contributed by atoms with van der Waals surface area (Å²) in [4.78, 5) is 0. The molecule has 1 aliphatic rings. The molecule has 1 fully saturated rings. The molecule has 1 rings (SSSR count). The van der Waals surface area contributed by atoms with Crippen molar-refractivity contribution < 1.29 is 4.74 Å². The quantitative estimate of drug-likeness (QED) is 0.649. The zero-order chi connectivity index (χ0) is 10.4. The van der Waals surface area contributed by atoms with Crippen molar-refractivity contribution in [2.24, 2.45) is 5.73 Å². The summed E-state index contributed by atoms with van der Waals surface area (Å²) >= 11 is 0. The molecule has 2 atom stereocenters. The van der Waals surface area contributed by atoms with Crippen molar-refractivity contribution in [1.29, 1.82) is 0 Å². The molecule has 0 spiro atoms. The van der Waals surface area contributed by atoms with E-state index in [1.165, 1.54) is 6.42 Å². The van der Waals surface area contributed by atoms with E-state index in [0.29, 0.717) is 12.6 Å². The molecular formula is C11H22N2O. The average molecular weight is 198 g/mol. The number of methoxy groups -OCH3 is 1. The lowest BCUT2D eigenvalue weighted by Gasteiger charge is -2.40. The van der Waals surface area contributed by atoms with Gasteiger partial charge in [0.15, 0.2) is 0 Å². The molecule has 3 nitrogen and oxygen atoms in total. The lowest BCUT2D eigenvalue weighted by atomic mass is 9.80. The van der Waals surface area contributed by atoms with Crippen molar-refractivity contribution in [1.82, 2.24) is 5.32 Å². The lowest BCUT2D eigenvalue weighted by Crippen LogP contribution is -2.55. The van der Waals surface area contributed by atoms with Gasteiger partial charge in [-0.15, -0.1) is 6.58 Å². The molecule has 3 heteroatoms. The Balaban J connectivity index is 2.53. The van der Waals surface area contributed by atoms with Crippen LogP contribution < -0.4 is 11.1 Å². The molecule has 1 saturated carbocycles. The Hall–Kier alpha value is -0.380. The fourth-order valence-corrected chi connectivity index (χ4v) is 2.22. The van der Waals surface area contributed by atoms with Crippen LogP contribution in [0.15, 0.2) is 12.7 Å². The Morgan fingerprint density at radius 3 is 3.07 bits per heavy atom. The summed E-state index contributed by atoms with van der Waals surface area (Å²) in [5.41, 5.74) is 5.92. The summed E-state index contributed by atoms with van der Waals surface area (Å²) < 4.78 is 5.41. The van der Waals surface area contributed by atoms with E-state index < -0.39 is 0 Å². The predicted octanol–water partition coefficient (Wildman–Crippen LogP) is 1.05. The van der Waals surface area contributed by atoms with Crippen LogP contribution in [-0.2, 0) is 4.74 Å². The maximum absolute atomic E-state index is 5.84. The van der Waals surface area contributed by atoms with Crippen molar-refractivity contribution in [3.8, 4) is 0 Å². The summed E-state index contributed by atoms with van der Waals surface area (Å²) in [6.45, 7) is 5.22. The standard InChI is InChI=1S/C11H22N2O/c1-3-7-13-11(9-12)6-4-5-10(8-11)14-2/h3,10,13H,1,4-9,12H2,2H3. The summed E-state index contributed by atoms with van der Waals surface area (Å²) in [5.74, 6) is 0. The monoisotopic (exact) mass is 198 g/mol. The molecule has 0 saturated heterocycles. The van der Waals surface area contributed by atoms with Crippen LogP contribution in [0, 0.1) is 0 Å². The van der Waals surface area contributed by atoms with E-state index in [1.54, 1.807) is 7.11 Å². The smallest absolute Gasteiger partial charge is 0.0589 e. The fraction of sp³-hybridized carbons (Fsp3) is 0.818. The molecule has 1 aliphatic carbocycles. The number of hydrogen-bond acceptors (Lipinski definition) is 3. The van der Waals surface area contributed by atoms with E-state index in [9.17, 15) is 0 Å². The van der Waals surface area contributed by atoms with E-state index in [1.807, 2.05) is 6.08 Å². The molecule has 82 valence electrons. The van der Waals surface area contributed by atoms with Gasteiger partial charge in [0.1, 0.15) is 0 Å². The second kappa shape index (κ2) is 5.49. The number of rotatable bonds is 5. The van der Waals surface area contributed by atoms with Gasteiger partial charge in [0.05, 0.1) is 6.10 Å². The summed E-state index contributed by atoms with van der Waals surface area (Å²) in [6, 6.07) is 0. The maximum atomic E-state index is 5.84. The van der Waals surface area contributed by atoms with Gasteiger partial charge in [-0.05, 0) is 25.7 Å². The lowest BCUT2D eigenvalue weighted by molar-refractivity contribution is 0.0340. The van der Waals surface area contributed by atoms with Gasteiger partial charge in [-0.1, -0.05) is 6.08 Å². The number of nitrogens with one attached hydrogen (secondary N) is 1. The van der Waals surface area contributed by atoms with Gasteiger partial charge in [-0.25, -0.2) is 0 Å². The average Bonchev–Trinajstić information content (AvgIpc) is 2.26. The van der Waals surface area contributed by atoms with Crippen LogP contribution >= 0.6 is 0 Å². The molecule has 2 unspecified atom stereocenters. The first-order valence-electron chi connectivity index (χ1n) is 5.35. The van der Waals surface area contributed by atoms with E-state index in [0.717, 1.165) is 25.8 Å². The Morgan fingerprint density at radius 1 is 1.71 bits per heavy atom. The highest BCUT2D eigenvalue weighted by Crippen LogP contribution is 2.29. The second-order valence-electron chi connectivity index (χ2n) is 4.11. The van der Waals surface area contributed by atoms with Crippen molar-refractivity contribution in [2.45, 2.75) is 37.3 Å². The predicted molar refractivity (Wildman–Crippen MR) is 59.3 cm³/mol. The van der Waals surface area contributed by atoms with Gasteiger partial charge in [0.25, 0.3) is 0 Å². The van der Waals surface area contributed by atoms with Crippen LogP contribution in [0.4, 0.5) is 0 Å². The Kier molecular flexibility index (Phi) is 4.58. The Morgan fingerprint density at radius 2 is 2.50 bits per heavy atom. The Bertz CT molecular complexity index is 184. The molecule has 0 amide bonds. The maximum Gasteiger partial charge on any atom is 0.0589 e. The second-order valence-corrected chi connectivity index (χ2v) is 4.11. The van der Waals surface area contributed by atoms with Crippen molar-refractivity contribution in [3.05, 3.63) is 12.7 Å². The van der Waals surface area contributed by atoms with Gasteiger partial charge in [-0.2, -0.15) is 0 Å². The van der Waals surface area contributed by atoms with Gasteiger partial charge >= 0.3 is 0 Å². The number of hydrogen-bond donors (Lipinski definition) is 2. The van der Waals surface area contributed by atoms with Crippen molar-refractivity contribution in [3.63, 3.8) is 0 Å². The highest BCUT2D eigenvalue weighted by atomic mass is 16.5. The molecule has 0 aliphatic heterocycles. The van der Waals surface area contributed by atoms with Gasteiger partial charge in [0.2, 0.25) is 0 Å². The molecule has 14 heavy (non-hydrogen) atoms. The van der Waals surface area contributed by atoms with Gasteiger partial charge in [-0.3, -0.25) is 0 Å². The van der Waals surface area contributed by atoms with Crippen LogP contribution in [-0.4, -0.2) is 31.8 Å². The topological polar surface area (TPSA) is 47.3 Å². The number of nitrogens with two attached hydrogens (primary N) is 1. The molecule has 0 aromatic rings. The zero-order valence-electron chi connectivity index (χ0n) is 9.09. The highest BCUT2D eigenvalue weighted by Gasteiger charge is 2.34. The zero-order valence-corrected chi connectivity index (χ0v) is 9.09. The first-order valence-corrected chi connectivity index (χ1v) is 5.35. The molecular weight excluding hydrogens is 176 g/mol. The van der Waals surface area contributed by atoms with E-state index in [4.69, 9.17) is 10.5 Å². The molecule has 0 aromatic heterocycles. The Labute approximate surface area is 86.7 Å². The SMILES string of the molecule is C=CCNC1(CN)CCCC(OC)C1. The molecule has 0 aromatic carbocycles. The van der Waals surface area contributed by atoms with Crippen LogP contribution in [0.3, 0.4) is 0 Å². The minimum absolute atomic E-state index is 0.0765. The van der Waals surface area contributed by atoms with E-state index in [-0.39, 0.29) is 5.54 Å². The number of ether oxygens (including phenoxy) is 1. The van der Waals surface area contributed by atoms with Crippen LogP contribution in [0.5, 0.6) is 0 Å². The van der Waals surface area contributed by atoms with Crippen molar-refractivity contribution in [2.75, 3.05) is 20.2 Å². The van der Waals surface area contributed by atoms with Crippen LogP contribution in [0.25, 0.3) is 0 Å². The minimum Gasteiger partial charge on any atom is -0.381 e. The minimum atomic E-state index is 0.0765. The van der Waals surface area contributed by atoms with Crippen molar-refractivity contribution >= 4 is 0 Å².